The van der Waals surface area contributed by atoms with E-state index in [0.29, 0.717) is 36.1 Å². The molecule has 1 aromatic carbocycles. The first-order valence-electron chi connectivity index (χ1n) is 9.63. The number of ether oxygens (including phenoxy) is 1. The highest BCUT2D eigenvalue weighted by atomic mass is 32.2. The fraction of sp³-hybridized carbons (Fsp3) is 0.450. The molecule has 1 aliphatic carbocycles. The third-order valence-corrected chi connectivity index (χ3v) is 8.75. The average molecular weight is 421 g/mol. The van der Waals surface area contributed by atoms with Gasteiger partial charge in [-0.15, -0.1) is 11.3 Å². The van der Waals surface area contributed by atoms with Crippen LogP contribution < -0.4 is 5.32 Å². The molecule has 2 heterocycles. The van der Waals surface area contributed by atoms with Crippen LogP contribution in [0, 0.1) is 0 Å². The summed E-state index contributed by atoms with van der Waals surface area (Å²) in [7, 11) is -3.50. The maximum atomic E-state index is 12.8. The van der Waals surface area contributed by atoms with Gasteiger partial charge in [-0.05, 0) is 42.7 Å². The zero-order valence-electron chi connectivity index (χ0n) is 15.6. The summed E-state index contributed by atoms with van der Waals surface area (Å²) in [6.07, 6.45) is 4.42. The van der Waals surface area contributed by atoms with Crippen molar-refractivity contribution in [1.29, 1.82) is 0 Å². The molecule has 28 heavy (non-hydrogen) atoms. The molecule has 1 aliphatic heterocycles. The lowest BCUT2D eigenvalue weighted by Crippen LogP contribution is -2.40. The van der Waals surface area contributed by atoms with Gasteiger partial charge in [0.15, 0.2) is 0 Å². The molecule has 1 saturated heterocycles. The van der Waals surface area contributed by atoms with Crippen molar-refractivity contribution in [2.24, 2.45) is 0 Å². The van der Waals surface area contributed by atoms with Crippen LogP contribution in [0.1, 0.15) is 36.0 Å². The van der Waals surface area contributed by atoms with Crippen molar-refractivity contribution in [3.05, 3.63) is 42.0 Å². The first-order valence-corrected chi connectivity index (χ1v) is 11.9. The number of sulfonamides is 1. The fourth-order valence-electron chi connectivity index (χ4n) is 3.68. The first kappa shape index (κ1) is 19.6. The van der Waals surface area contributed by atoms with Gasteiger partial charge in [0, 0.05) is 29.6 Å². The molecule has 6 nitrogen and oxygen atoms in total. The van der Waals surface area contributed by atoms with E-state index in [9.17, 15) is 13.2 Å². The number of thiophene rings is 1. The van der Waals surface area contributed by atoms with Gasteiger partial charge in [0.1, 0.15) is 4.21 Å². The van der Waals surface area contributed by atoms with E-state index in [1.807, 2.05) is 24.3 Å². The lowest BCUT2D eigenvalue weighted by Gasteiger charge is -2.25. The van der Waals surface area contributed by atoms with Crippen LogP contribution in [-0.2, 0) is 14.8 Å². The molecule has 1 N–H and O–H groups in total. The maximum absolute atomic E-state index is 12.8. The van der Waals surface area contributed by atoms with E-state index in [4.69, 9.17) is 4.74 Å². The third-order valence-electron chi connectivity index (χ3n) is 5.25. The quantitative estimate of drug-likeness (QED) is 0.806. The Labute approximate surface area is 169 Å². The van der Waals surface area contributed by atoms with Crippen molar-refractivity contribution >= 4 is 27.3 Å². The fourth-order valence-corrected chi connectivity index (χ4v) is 6.55. The molecule has 0 unspecified atom stereocenters. The molecule has 0 spiro atoms. The maximum Gasteiger partial charge on any atom is 0.252 e. The number of hydrogen-bond donors (Lipinski definition) is 1. The predicted octanol–water partition coefficient (Wildman–Crippen LogP) is 3.11. The van der Waals surface area contributed by atoms with Gasteiger partial charge in [0.2, 0.25) is 0 Å². The SMILES string of the molecule is O=C(NC1CCCC1)c1cccc(-c2ccc(S(=O)(=O)N3CCOCC3)s2)c1. The van der Waals surface area contributed by atoms with Crippen LogP contribution in [0.4, 0.5) is 0 Å². The summed E-state index contributed by atoms with van der Waals surface area (Å²) in [6, 6.07) is 11.1. The molecule has 0 atom stereocenters. The van der Waals surface area contributed by atoms with Gasteiger partial charge in [0.05, 0.1) is 13.2 Å². The number of carbonyl (C=O) groups is 1. The monoisotopic (exact) mass is 420 g/mol. The Hall–Kier alpha value is -1.74. The van der Waals surface area contributed by atoms with Crippen molar-refractivity contribution in [1.82, 2.24) is 9.62 Å². The molecule has 4 rings (SSSR count). The number of nitrogens with zero attached hydrogens (tertiary/aromatic N) is 1. The van der Waals surface area contributed by atoms with Gasteiger partial charge < -0.3 is 10.1 Å². The summed E-state index contributed by atoms with van der Waals surface area (Å²) < 4.78 is 32.7. The van der Waals surface area contributed by atoms with E-state index in [1.54, 1.807) is 12.1 Å². The molecule has 2 aliphatic rings. The van der Waals surface area contributed by atoms with Gasteiger partial charge in [-0.25, -0.2) is 8.42 Å². The van der Waals surface area contributed by atoms with Crippen molar-refractivity contribution in [2.75, 3.05) is 26.3 Å². The Morgan fingerprint density at radius 1 is 1.11 bits per heavy atom. The molecule has 2 fully saturated rings. The topological polar surface area (TPSA) is 75.7 Å². The zero-order valence-corrected chi connectivity index (χ0v) is 17.2. The van der Waals surface area contributed by atoms with E-state index in [0.717, 1.165) is 23.3 Å². The van der Waals surface area contributed by atoms with Crippen molar-refractivity contribution < 1.29 is 17.9 Å². The predicted molar refractivity (Wildman–Crippen MR) is 109 cm³/mol. The minimum atomic E-state index is -3.50. The van der Waals surface area contributed by atoms with Crippen molar-refractivity contribution in [3.8, 4) is 10.4 Å². The number of morpholine rings is 1. The normalized spacial score (nSPS) is 19.0. The largest absolute Gasteiger partial charge is 0.379 e. The summed E-state index contributed by atoms with van der Waals surface area (Å²) in [5.41, 5.74) is 1.46. The molecular formula is C20H24N2O4S2. The van der Waals surface area contributed by atoms with Crippen LogP contribution in [0.2, 0.25) is 0 Å². The van der Waals surface area contributed by atoms with Crippen LogP contribution in [0.5, 0.6) is 0 Å². The van der Waals surface area contributed by atoms with Crippen LogP contribution in [-0.4, -0.2) is 51.0 Å². The number of rotatable bonds is 5. The first-order chi connectivity index (χ1) is 13.5. The molecule has 1 amide bonds. The molecule has 2 aromatic rings. The molecular weight excluding hydrogens is 396 g/mol. The highest BCUT2D eigenvalue weighted by molar-refractivity contribution is 7.91. The highest BCUT2D eigenvalue weighted by Crippen LogP contribution is 2.33. The number of benzene rings is 1. The standard InChI is InChI=1S/C20H24N2O4S2/c23-20(21-17-6-1-2-7-17)16-5-3-4-15(14-16)18-8-9-19(27-18)28(24,25)22-10-12-26-13-11-22/h3-5,8-9,14,17H,1-2,6-7,10-13H2,(H,21,23). The Bertz CT molecular complexity index is 943. The molecule has 8 heteroatoms. The Morgan fingerprint density at radius 2 is 1.86 bits per heavy atom. The third kappa shape index (κ3) is 4.15. The van der Waals surface area contributed by atoms with Gasteiger partial charge >= 0.3 is 0 Å². The summed E-state index contributed by atoms with van der Waals surface area (Å²) in [5, 5.41) is 3.10. The number of amides is 1. The lowest BCUT2D eigenvalue weighted by molar-refractivity contribution is 0.0731. The summed E-state index contributed by atoms with van der Waals surface area (Å²) >= 11 is 1.24. The van der Waals surface area contributed by atoms with Crippen LogP contribution >= 0.6 is 11.3 Å². The Kier molecular flexibility index (Phi) is 5.82. The van der Waals surface area contributed by atoms with E-state index in [1.165, 1.54) is 28.5 Å². The highest BCUT2D eigenvalue weighted by Gasteiger charge is 2.28. The van der Waals surface area contributed by atoms with Crippen LogP contribution in [0.3, 0.4) is 0 Å². The molecule has 150 valence electrons. The Balaban J connectivity index is 1.53. The Morgan fingerprint density at radius 3 is 2.61 bits per heavy atom. The van der Waals surface area contributed by atoms with E-state index in [-0.39, 0.29) is 11.9 Å². The van der Waals surface area contributed by atoms with Gasteiger partial charge in [-0.2, -0.15) is 4.31 Å². The second kappa shape index (κ2) is 8.32. The van der Waals surface area contributed by atoms with Gasteiger partial charge in [-0.1, -0.05) is 25.0 Å². The minimum absolute atomic E-state index is 0.0635. The van der Waals surface area contributed by atoms with E-state index < -0.39 is 10.0 Å². The smallest absolute Gasteiger partial charge is 0.252 e. The summed E-state index contributed by atoms with van der Waals surface area (Å²) in [5.74, 6) is -0.0635. The number of carbonyl (C=O) groups excluding carboxylic acids is 1. The van der Waals surface area contributed by atoms with Crippen molar-refractivity contribution in [3.63, 3.8) is 0 Å². The molecule has 0 radical (unpaired) electrons. The molecule has 1 saturated carbocycles. The second-order valence-corrected chi connectivity index (χ2v) is 10.4. The minimum Gasteiger partial charge on any atom is -0.379 e. The lowest BCUT2D eigenvalue weighted by atomic mass is 10.1. The van der Waals surface area contributed by atoms with Crippen LogP contribution in [0.15, 0.2) is 40.6 Å². The summed E-state index contributed by atoms with van der Waals surface area (Å²) in [4.78, 5) is 13.4. The van der Waals surface area contributed by atoms with Crippen LogP contribution in [0.25, 0.3) is 10.4 Å². The van der Waals surface area contributed by atoms with Gasteiger partial charge in [0.25, 0.3) is 15.9 Å². The van der Waals surface area contributed by atoms with Crippen molar-refractivity contribution in [2.45, 2.75) is 35.9 Å². The van der Waals surface area contributed by atoms with Gasteiger partial charge in [-0.3, -0.25) is 4.79 Å². The zero-order chi connectivity index (χ0) is 19.6. The number of nitrogens with one attached hydrogen (secondary N) is 1. The average Bonchev–Trinajstić information content (AvgIpc) is 3.41. The second-order valence-electron chi connectivity index (χ2n) is 7.17. The molecule has 0 bridgehead atoms. The number of hydrogen-bond acceptors (Lipinski definition) is 5. The van der Waals surface area contributed by atoms with E-state index >= 15 is 0 Å². The molecule has 1 aromatic heterocycles. The van der Waals surface area contributed by atoms with E-state index in [2.05, 4.69) is 5.32 Å². The summed E-state index contributed by atoms with van der Waals surface area (Å²) in [6.45, 7) is 1.62.